The number of amides is 1. The summed E-state index contributed by atoms with van der Waals surface area (Å²) in [6, 6.07) is 15.6. The van der Waals surface area contributed by atoms with Crippen molar-refractivity contribution in [2.45, 2.75) is 20.3 Å². The highest BCUT2D eigenvalue weighted by Gasteiger charge is 2.23. The van der Waals surface area contributed by atoms with Gasteiger partial charge in [-0.1, -0.05) is 24.8 Å². The third-order valence-corrected chi connectivity index (χ3v) is 5.83. The molecule has 32 heavy (non-hydrogen) atoms. The minimum Gasteiger partial charge on any atom is -0.489 e. The fraction of sp³-hybridized carbons (Fsp3) is 0.308. The molecule has 6 nitrogen and oxygen atoms in total. The van der Waals surface area contributed by atoms with Crippen molar-refractivity contribution in [1.29, 1.82) is 0 Å². The lowest BCUT2D eigenvalue weighted by atomic mass is 10.0. The summed E-state index contributed by atoms with van der Waals surface area (Å²) in [7, 11) is 0. The largest absolute Gasteiger partial charge is 0.489 e. The molecule has 0 bridgehead atoms. The first-order valence-electron chi connectivity index (χ1n) is 10.8. The standard InChI is InChI=1S/C26H28N2O4/c1-18(2)17-31-21-9-10-22-19(3)23(26(30)32-24(22)15-21)16-25(29)28-13-11-27(12-14-28)20-7-5-4-6-8-20/h4-10,15H,1,11-14,16-17H2,2-3H3. The Kier molecular flexibility index (Phi) is 6.30. The number of piperazine rings is 1. The lowest BCUT2D eigenvalue weighted by Crippen LogP contribution is -2.49. The zero-order valence-electron chi connectivity index (χ0n) is 18.6. The van der Waals surface area contributed by atoms with Crippen LogP contribution in [0.25, 0.3) is 11.0 Å². The van der Waals surface area contributed by atoms with Gasteiger partial charge in [-0.15, -0.1) is 0 Å². The van der Waals surface area contributed by atoms with Crippen LogP contribution in [-0.2, 0) is 11.2 Å². The number of fused-ring (bicyclic) bond motifs is 1. The number of carbonyl (C=O) groups excluding carboxylic acids is 1. The van der Waals surface area contributed by atoms with Crippen LogP contribution in [0.5, 0.6) is 5.75 Å². The first-order valence-corrected chi connectivity index (χ1v) is 10.8. The van der Waals surface area contributed by atoms with Gasteiger partial charge in [0.15, 0.2) is 0 Å². The van der Waals surface area contributed by atoms with E-state index in [4.69, 9.17) is 9.15 Å². The Morgan fingerprint density at radius 1 is 1.09 bits per heavy atom. The monoisotopic (exact) mass is 432 g/mol. The van der Waals surface area contributed by atoms with Gasteiger partial charge in [0.25, 0.3) is 0 Å². The molecule has 0 saturated carbocycles. The van der Waals surface area contributed by atoms with Crippen molar-refractivity contribution in [3.05, 3.63) is 82.2 Å². The van der Waals surface area contributed by atoms with E-state index in [1.165, 1.54) is 0 Å². The number of hydrogen-bond acceptors (Lipinski definition) is 5. The smallest absolute Gasteiger partial charge is 0.340 e. The normalized spacial score (nSPS) is 13.9. The molecule has 2 aromatic carbocycles. The van der Waals surface area contributed by atoms with E-state index in [1.54, 1.807) is 6.07 Å². The van der Waals surface area contributed by atoms with Gasteiger partial charge in [0, 0.05) is 43.3 Å². The highest BCUT2D eigenvalue weighted by atomic mass is 16.5. The number of hydrogen-bond donors (Lipinski definition) is 0. The second kappa shape index (κ2) is 9.30. The van der Waals surface area contributed by atoms with Gasteiger partial charge in [0.2, 0.25) is 5.91 Å². The molecule has 6 heteroatoms. The minimum atomic E-state index is -0.469. The van der Waals surface area contributed by atoms with Gasteiger partial charge >= 0.3 is 5.63 Å². The lowest BCUT2D eigenvalue weighted by molar-refractivity contribution is -0.130. The Labute approximate surface area is 187 Å². The summed E-state index contributed by atoms with van der Waals surface area (Å²) < 4.78 is 11.2. The second-order valence-electron chi connectivity index (χ2n) is 8.28. The number of nitrogens with zero attached hydrogens (tertiary/aromatic N) is 2. The molecule has 1 saturated heterocycles. The maximum Gasteiger partial charge on any atom is 0.340 e. The van der Waals surface area contributed by atoms with E-state index in [-0.39, 0.29) is 12.3 Å². The van der Waals surface area contributed by atoms with Gasteiger partial charge in [-0.05, 0) is 49.2 Å². The summed E-state index contributed by atoms with van der Waals surface area (Å²) in [5, 5.41) is 0.809. The van der Waals surface area contributed by atoms with Crippen LogP contribution in [0.1, 0.15) is 18.1 Å². The van der Waals surface area contributed by atoms with Crippen LogP contribution in [0, 0.1) is 6.92 Å². The molecule has 1 amide bonds. The van der Waals surface area contributed by atoms with E-state index in [2.05, 4.69) is 23.6 Å². The fourth-order valence-corrected chi connectivity index (χ4v) is 3.99. The van der Waals surface area contributed by atoms with Crippen LogP contribution in [0.4, 0.5) is 5.69 Å². The summed E-state index contributed by atoms with van der Waals surface area (Å²) in [5.41, 5.74) is 3.25. The number of aryl methyl sites for hydroxylation is 1. The Morgan fingerprint density at radius 2 is 1.81 bits per heavy atom. The number of carbonyl (C=O) groups is 1. The summed E-state index contributed by atoms with van der Waals surface area (Å²) in [6.45, 7) is 10.8. The predicted molar refractivity (Wildman–Crippen MR) is 126 cm³/mol. The molecular weight excluding hydrogens is 404 g/mol. The van der Waals surface area contributed by atoms with Crippen molar-refractivity contribution in [2.24, 2.45) is 0 Å². The molecule has 0 spiro atoms. The fourth-order valence-electron chi connectivity index (χ4n) is 3.99. The van der Waals surface area contributed by atoms with Crippen LogP contribution in [0.3, 0.4) is 0 Å². The molecule has 4 rings (SSSR count). The van der Waals surface area contributed by atoms with E-state index in [1.807, 2.05) is 49.1 Å². The summed E-state index contributed by atoms with van der Waals surface area (Å²) >= 11 is 0. The Balaban J connectivity index is 1.46. The van der Waals surface area contributed by atoms with Crippen molar-refractivity contribution < 1.29 is 13.9 Å². The summed E-state index contributed by atoms with van der Waals surface area (Å²) in [4.78, 5) is 29.7. The molecular formula is C26H28N2O4. The van der Waals surface area contributed by atoms with Crippen molar-refractivity contribution in [2.75, 3.05) is 37.7 Å². The topological polar surface area (TPSA) is 63.0 Å². The SMILES string of the molecule is C=C(C)COc1ccc2c(C)c(CC(=O)N3CCN(c4ccccc4)CC3)c(=O)oc2c1. The first-order chi connectivity index (χ1) is 15.4. The van der Waals surface area contributed by atoms with Crippen LogP contribution >= 0.6 is 0 Å². The van der Waals surface area contributed by atoms with E-state index in [9.17, 15) is 9.59 Å². The quantitative estimate of drug-likeness (QED) is 0.436. The van der Waals surface area contributed by atoms with E-state index in [0.717, 1.165) is 35.3 Å². The van der Waals surface area contributed by atoms with E-state index in [0.29, 0.717) is 36.6 Å². The highest BCUT2D eigenvalue weighted by Crippen LogP contribution is 2.25. The van der Waals surface area contributed by atoms with Crippen molar-refractivity contribution >= 4 is 22.6 Å². The van der Waals surface area contributed by atoms with Gasteiger partial charge < -0.3 is 19.0 Å². The van der Waals surface area contributed by atoms with Crippen LogP contribution in [-0.4, -0.2) is 43.6 Å². The maximum atomic E-state index is 13.0. The number of benzene rings is 2. The van der Waals surface area contributed by atoms with Gasteiger partial charge in [-0.3, -0.25) is 4.79 Å². The Morgan fingerprint density at radius 3 is 2.50 bits per heavy atom. The number of rotatable bonds is 6. The molecule has 166 valence electrons. The van der Waals surface area contributed by atoms with Gasteiger partial charge in [0.1, 0.15) is 17.9 Å². The van der Waals surface area contributed by atoms with Crippen LogP contribution < -0.4 is 15.3 Å². The molecule has 1 aromatic heterocycles. The van der Waals surface area contributed by atoms with E-state index < -0.39 is 5.63 Å². The third-order valence-electron chi connectivity index (χ3n) is 5.83. The number of para-hydroxylation sites is 1. The highest BCUT2D eigenvalue weighted by molar-refractivity contribution is 5.85. The van der Waals surface area contributed by atoms with Crippen molar-refractivity contribution in [1.82, 2.24) is 4.90 Å². The van der Waals surface area contributed by atoms with E-state index >= 15 is 0 Å². The molecule has 1 aliphatic rings. The third kappa shape index (κ3) is 4.69. The average Bonchev–Trinajstić information content (AvgIpc) is 2.80. The molecule has 0 radical (unpaired) electrons. The minimum absolute atomic E-state index is 0.0450. The van der Waals surface area contributed by atoms with Crippen molar-refractivity contribution in [3.63, 3.8) is 0 Å². The summed E-state index contributed by atoms with van der Waals surface area (Å²) in [6.07, 6.45) is 0.0450. The Hall–Kier alpha value is -3.54. The molecule has 0 atom stereocenters. The van der Waals surface area contributed by atoms with Crippen LogP contribution in [0.2, 0.25) is 0 Å². The Bertz CT molecular complexity index is 1190. The predicted octanol–water partition coefficient (Wildman–Crippen LogP) is 3.95. The second-order valence-corrected chi connectivity index (χ2v) is 8.28. The molecule has 1 fully saturated rings. The zero-order valence-corrected chi connectivity index (χ0v) is 18.6. The van der Waals surface area contributed by atoms with Gasteiger partial charge in [0.05, 0.1) is 12.0 Å². The lowest BCUT2D eigenvalue weighted by Gasteiger charge is -2.36. The number of anilines is 1. The molecule has 0 aliphatic carbocycles. The molecule has 1 aliphatic heterocycles. The van der Waals surface area contributed by atoms with Gasteiger partial charge in [-0.25, -0.2) is 4.79 Å². The molecule has 3 aromatic rings. The van der Waals surface area contributed by atoms with Gasteiger partial charge in [-0.2, -0.15) is 0 Å². The summed E-state index contributed by atoms with van der Waals surface area (Å²) in [5.74, 6) is 0.567. The molecule has 0 unspecified atom stereocenters. The molecule has 0 N–H and O–H groups in total. The number of ether oxygens (including phenoxy) is 1. The first kappa shape index (κ1) is 21.7. The zero-order chi connectivity index (χ0) is 22.7. The van der Waals surface area contributed by atoms with Crippen molar-refractivity contribution in [3.8, 4) is 5.75 Å². The average molecular weight is 433 g/mol. The molecule has 2 heterocycles. The van der Waals surface area contributed by atoms with Crippen LogP contribution in [0.15, 0.2) is 69.9 Å². The maximum absolute atomic E-state index is 13.0.